The third-order valence-electron chi connectivity index (χ3n) is 5.05. The number of ether oxygens (including phenoxy) is 1. The minimum atomic E-state index is 0. The Kier molecular flexibility index (Phi) is 5.53. The van der Waals surface area contributed by atoms with Gasteiger partial charge in [-0.2, -0.15) is 0 Å². The van der Waals surface area contributed by atoms with Crippen molar-refractivity contribution in [2.24, 2.45) is 5.41 Å². The molecule has 0 unspecified atom stereocenters. The van der Waals surface area contributed by atoms with Gasteiger partial charge in [-0.3, -0.25) is 4.90 Å². The van der Waals surface area contributed by atoms with Crippen molar-refractivity contribution in [3.8, 4) is 5.75 Å². The Bertz CT molecular complexity index is 472. The number of nitrogens with zero attached hydrogens (tertiary/aromatic N) is 1. The van der Waals surface area contributed by atoms with E-state index in [2.05, 4.69) is 35.3 Å². The Morgan fingerprint density at radius 3 is 2.67 bits per heavy atom. The van der Waals surface area contributed by atoms with Crippen molar-refractivity contribution in [3.63, 3.8) is 0 Å². The number of halogens is 1. The van der Waals surface area contributed by atoms with Crippen molar-refractivity contribution in [2.45, 2.75) is 32.7 Å². The van der Waals surface area contributed by atoms with Crippen LogP contribution in [0.1, 0.15) is 30.4 Å². The highest BCUT2D eigenvalue weighted by Crippen LogP contribution is 2.39. The first kappa shape index (κ1) is 16.6. The SMILES string of the molecule is COc1ccc(CN2CCC3(CCNCC3)C2)cc1C.Cl. The Morgan fingerprint density at radius 2 is 2.00 bits per heavy atom. The highest BCUT2D eigenvalue weighted by Gasteiger charge is 2.38. The van der Waals surface area contributed by atoms with Crippen LogP contribution in [0.3, 0.4) is 0 Å². The molecule has 1 aromatic rings. The van der Waals surface area contributed by atoms with E-state index in [0.29, 0.717) is 5.41 Å². The molecule has 2 aliphatic heterocycles. The van der Waals surface area contributed by atoms with Crippen LogP contribution in [-0.4, -0.2) is 38.2 Å². The third-order valence-corrected chi connectivity index (χ3v) is 5.05. The van der Waals surface area contributed by atoms with Gasteiger partial charge < -0.3 is 10.1 Å². The quantitative estimate of drug-likeness (QED) is 0.929. The summed E-state index contributed by atoms with van der Waals surface area (Å²) in [6, 6.07) is 6.58. The predicted octanol–water partition coefficient (Wildman–Crippen LogP) is 3.00. The summed E-state index contributed by atoms with van der Waals surface area (Å²) in [5, 5.41) is 3.49. The van der Waals surface area contributed by atoms with Gasteiger partial charge in [0.2, 0.25) is 0 Å². The van der Waals surface area contributed by atoms with Gasteiger partial charge in [-0.1, -0.05) is 12.1 Å². The van der Waals surface area contributed by atoms with Crippen molar-refractivity contribution in [3.05, 3.63) is 29.3 Å². The fourth-order valence-electron chi connectivity index (χ4n) is 3.83. The number of benzene rings is 1. The molecule has 3 rings (SSSR count). The molecule has 118 valence electrons. The molecule has 0 amide bonds. The monoisotopic (exact) mass is 310 g/mol. The molecule has 0 aromatic heterocycles. The van der Waals surface area contributed by atoms with Gasteiger partial charge in [-0.15, -0.1) is 12.4 Å². The summed E-state index contributed by atoms with van der Waals surface area (Å²) in [5.74, 6) is 0.991. The first-order chi connectivity index (χ1) is 9.71. The molecular weight excluding hydrogens is 284 g/mol. The van der Waals surface area contributed by atoms with E-state index in [1.807, 2.05) is 0 Å². The Balaban J connectivity index is 0.00000161. The van der Waals surface area contributed by atoms with Crippen molar-refractivity contribution >= 4 is 12.4 Å². The number of rotatable bonds is 3. The lowest BCUT2D eigenvalue weighted by Crippen LogP contribution is -2.38. The molecule has 2 aliphatic rings. The fraction of sp³-hybridized carbons (Fsp3) is 0.647. The zero-order valence-corrected chi connectivity index (χ0v) is 14.0. The molecule has 1 N–H and O–H groups in total. The van der Waals surface area contributed by atoms with E-state index in [4.69, 9.17) is 4.74 Å². The number of piperidine rings is 1. The van der Waals surface area contributed by atoms with Crippen molar-refractivity contribution < 1.29 is 4.74 Å². The Morgan fingerprint density at radius 1 is 1.24 bits per heavy atom. The van der Waals surface area contributed by atoms with Crippen molar-refractivity contribution in [1.82, 2.24) is 10.2 Å². The summed E-state index contributed by atoms with van der Waals surface area (Å²) < 4.78 is 5.34. The maximum absolute atomic E-state index is 5.34. The van der Waals surface area contributed by atoms with Gasteiger partial charge in [-0.25, -0.2) is 0 Å². The molecule has 3 nitrogen and oxygen atoms in total. The largest absolute Gasteiger partial charge is 0.496 e. The van der Waals surface area contributed by atoms with Crippen LogP contribution in [0.2, 0.25) is 0 Å². The number of nitrogens with one attached hydrogen (secondary N) is 1. The van der Waals surface area contributed by atoms with E-state index in [-0.39, 0.29) is 12.4 Å². The maximum atomic E-state index is 5.34. The minimum absolute atomic E-state index is 0. The molecular formula is C17H27ClN2O. The molecule has 2 saturated heterocycles. The van der Waals surface area contributed by atoms with E-state index in [0.717, 1.165) is 12.3 Å². The number of methoxy groups -OCH3 is 1. The highest BCUT2D eigenvalue weighted by atomic mass is 35.5. The summed E-state index contributed by atoms with van der Waals surface area (Å²) in [6.07, 6.45) is 4.08. The number of aryl methyl sites for hydroxylation is 1. The lowest BCUT2D eigenvalue weighted by molar-refractivity contribution is 0.194. The highest BCUT2D eigenvalue weighted by molar-refractivity contribution is 5.85. The zero-order valence-electron chi connectivity index (χ0n) is 13.2. The van der Waals surface area contributed by atoms with Gasteiger partial charge in [0.05, 0.1) is 7.11 Å². The fourth-order valence-corrected chi connectivity index (χ4v) is 3.83. The van der Waals surface area contributed by atoms with Crippen LogP contribution in [0.25, 0.3) is 0 Å². The lowest BCUT2D eigenvalue weighted by Gasteiger charge is -2.34. The van der Waals surface area contributed by atoms with Crippen LogP contribution in [0.5, 0.6) is 5.75 Å². The van der Waals surface area contributed by atoms with E-state index in [9.17, 15) is 0 Å². The predicted molar refractivity (Wildman–Crippen MR) is 89.4 cm³/mol. The number of likely N-dealkylation sites (tertiary alicyclic amines) is 1. The normalized spacial score (nSPS) is 21.2. The van der Waals surface area contributed by atoms with Gasteiger partial charge in [-0.05, 0) is 68.4 Å². The average Bonchev–Trinajstić information content (AvgIpc) is 2.82. The van der Waals surface area contributed by atoms with Crippen LogP contribution in [0, 0.1) is 12.3 Å². The van der Waals surface area contributed by atoms with Gasteiger partial charge in [0.1, 0.15) is 5.75 Å². The molecule has 0 saturated carbocycles. The van der Waals surface area contributed by atoms with Crippen LogP contribution < -0.4 is 10.1 Å². The molecule has 2 fully saturated rings. The smallest absolute Gasteiger partial charge is 0.121 e. The van der Waals surface area contributed by atoms with Crippen LogP contribution in [0.4, 0.5) is 0 Å². The van der Waals surface area contributed by atoms with Crippen molar-refractivity contribution in [1.29, 1.82) is 0 Å². The van der Waals surface area contributed by atoms with Crippen molar-refractivity contribution in [2.75, 3.05) is 33.3 Å². The number of hydrogen-bond acceptors (Lipinski definition) is 3. The van der Waals surface area contributed by atoms with Gasteiger partial charge in [0.15, 0.2) is 0 Å². The maximum Gasteiger partial charge on any atom is 0.121 e. The number of hydrogen-bond donors (Lipinski definition) is 1. The third kappa shape index (κ3) is 3.71. The summed E-state index contributed by atoms with van der Waals surface area (Å²) in [6.45, 7) is 8.15. The first-order valence-corrected chi connectivity index (χ1v) is 7.77. The summed E-state index contributed by atoms with van der Waals surface area (Å²) in [5.41, 5.74) is 3.25. The Labute approximate surface area is 134 Å². The minimum Gasteiger partial charge on any atom is -0.496 e. The van der Waals surface area contributed by atoms with Crippen LogP contribution >= 0.6 is 12.4 Å². The van der Waals surface area contributed by atoms with Gasteiger partial charge in [0, 0.05) is 13.1 Å². The molecule has 4 heteroatoms. The molecule has 0 bridgehead atoms. The van der Waals surface area contributed by atoms with E-state index < -0.39 is 0 Å². The standard InChI is InChI=1S/C17H26N2O.ClH/c1-14-11-15(3-4-16(14)20-2)12-19-10-7-17(13-19)5-8-18-9-6-17;/h3-4,11,18H,5-10,12-13H2,1-2H3;1H. The second-order valence-corrected chi connectivity index (χ2v) is 6.51. The molecule has 21 heavy (non-hydrogen) atoms. The second-order valence-electron chi connectivity index (χ2n) is 6.51. The van der Waals surface area contributed by atoms with Crippen LogP contribution in [-0.2, 0) is 6.54 Å². The van der Waals surface area contributed by atoms with Gasteiger partial charge >= 0.3 is 0 Å². The molecule has 2 heterocycles. The Hall–Kier alpha value is -0.770. The molecule has 0 aliphatic carbocycles. The van der Waals surface area contributed by atoms with E-state index >= 15 is 0 Å². The average molecular weight is 311 g/mol. The molecule has 0 radical (unpaired) electrons. The zero-order chi connectivity index (χ0) is 14.0. The van der Waals surface area contributed by atoms with Gasteiger partial charge in [0.25, 0.3) is 0 Å². The topological polar surface area (TPSA) is 24.5 Å². The molecule has 0 atom stereocenters. The van der Waals surface area contributed by atoms with E-state index in [1.54, 1.807) is 7.11 Å². The second kappa shape index (κ2) is 6.99. The first-order valence-electron chi connectivity index (χ1n) is 7.77. The lowest BCUT2D eigenvalue weighted by atomic mass is 9.78. The summed E-state index contributed by atoms with van der Waals surface area (Å²) >= 11 is 0. The molecule has 1 spiro atoms. The summed E-state index contributed by atoms with van der Waals surface area (Å²) in [4.78, 5) is 2.63. The molecule has 1 aromatic carbocycles. The summed E-state index contributed by atoms with van der Waals surface area (Å²) in [7, 11) is 1.74. The van der Waals surface area contributed by atoms with E-state index in [1.165, 1.54) is 56.6 Å². The van der Waals surface area contributed by atoms with Crippen LogP contribution in [0.15, 0.2) is 18.2 Å².